The Kier molecular flexibility index (Phi) is 5.26. The van der Waals surface area contributed by atoms with Crippen molar-refractivity contribution in [2.45, 2.75) is 6.54 Å². The zero-order valence-electron chi connectivity index (χ0n) is 10.7. The molecule has 0 bridgehead atoms. The van der Waals surface area contributed by atoms with Crippen molar-refractivity contribution in [1.82, 2.24) is 10.6 Å². The number of nitrogens with one attached hydrogen (secondary N) is 2. The predicted molar refractivity (Wildman–Crippen MR) is 67.0 cm³/mol. The van der Waals surface area contributed by atoms with Gasteiger partial charge in [-0.15, -0.1) is 0 Å². The first kappa shape index (κ1) is 14.1. The molecule has 0 heterocycles. The molecule has 100 valence electrons. The molecule has 0 aromatic heterocycles. The topological polar surface area (TPSA) is 79.8 Å². The van der Waals surface area contributed by atoms with Gasteiger partial charge >= 0.3 is 0 Å². The van der Waals surface area contributed by atoms with E-state index in [0.29, 0.717) is 18.0 Å². The normalized spacial score (nSPS) is 9.94. The third-order valence-electron chi connectivity index (χ3n) is 2.43. The van der Waals surface area contributed by atoms with Gasteiger partial charge in [0, 0.05) is 13.6 Å². The number of phenolic OH excluding ortho intramolecular Hbond substituents is 1. The van der Waals surface area contributed by atoms with Crippen molar-refractivity contribution in [2.24, 2.45) is 0 Å². The minimum absolute atomic E-state index is 0.0324. The van der Waals surface area contributed by atoms with Gasteiger partial charge < -0.3 is 25.2 Å². The van der Waals surface area contributed by atoms with E-state index in [0.717, 1.165) is 5.56 Å². The SMILES string of the molecule is CNC(=O)CNCc1cc(OC)c(O)c(OC)c1. The molecule has 1 aromatic rings. The zero-order valence-corrected chi connectivity index (χ0v) is 10.7. The molecular weight excluding hydrogens is 236 g/mol. The van der Waals surface area contributed by atoms with Crippen molar-refractivity contribution in [2.75, 3.05) is 27.8 Å². The summed E-state index contributed by atoms with van der Waals surface area (Å²) in [6.45, 7) is 0.697. The van der Waals surface area contributed by atoms with Gasteiger partial charge in [0.2, 0.25) is 11.7 Å². The number of phenols is 1. The number of hydrogen-bond donors (Lipinski definition) is 3. The Morgan fingerprint density at radius 2 is 1.83 bits per heavy atom. The van der Waals surface area contributed by atoms with Crippen LogP contribution in [0.2, 0.25) is 0 Å². The second-order valence-electron chi connectivity index (χ2n) is 3.63. The third-order valence-corrected chi connectivity index (χ3v) is 2.43. The third kappa shape index (κ3) is 3.53. The lowest BCUT2D eigenvalue weighted by molar-refractivity contribution is -0.119. The smallest absolute Gasteiger partial charge is 0.233 e. The first-order valence-corrected chi connectivity index (χ1v) is 5.47. The summed E-state index contributed by atoms with van der Waals surface area (Å²) in [5, 5.41) is 15.2. The van der Waals surface area contributed by atoms with Crippen LogP contribution in [0, 0.1) is 0 Å². The molecule has 0 fully saturated rings. The fourth-order valence-corrected chi connectivity index (χ4v) is 1.46. The molecule has 0 atom stereocenters. The average Bonchev–Trinajstić information content (AvgIpc) is 2.39. The molecule has 0 aliphatic rings. The predicted octanol–water partition coefficient (Wildman–Crippen LogP) is 0.245. The Morgan fingerprint density at radius 1 is 1.28 bits per heavy atom. The first-order valence-electron chi connectivity index (χ1n) is 5.47. The van der Waals surface area contributed by atoms with Crippen molar-refractivity contribution < 1.29 is 19.4 Å². The molecule has 0 aliphatic carbocycles. The summed E-state index contributed by atoms with van der Waals surface area (Å²) in [4.78, 5) is 11.0. The van der Waals surface area contributed by atoms with Crippen LogP contribution >= 0.6 is 0 Å². The van der Waals surface area contributed by atoms with E-state index < -0.39 is 0 Å². The molecule has 18 heavy (non-hydrogen) atoms. The molecule has 0 saturated carbocycles. The molecule has 1 aromatic carbocycles. The quantitative estimate of drug-likeness (QED) is 0.678. The van der Waals surface area contributed by atoms with E-state index in [4.69, 9.17) is 9.47 Å². The first-order chi connectivity index (χ1) is 8.62. The lowest BCUT2D eigenvalue weighted by Crippen LogP contribution is -2.30. The maximum absolute atomic E-state index is 11.0. The van der Waals surface area contributed by atoms with Gasteiger partial charge in [0.05, 0.1) is 20.8 Å². The molecule has 3 N–H and O–H groups in total. The van der Waals surface area contributed by atoms with Crippen molar-refractivity contribution in [1.29, 1.82) is 0 Å². The van der Waals surface area contributed by atoms with E-state index in [1.54, 1.807) is 19.2 Å². The van der Waals surface area contributed by atoms with Gasteiger partial charge in [-0.25, -0.2) is 0 Å². The number of hydrogen-bond acceptors (Lipinski definition) is 5. The van der Waals surface area contributed by atoms with E-state index in [2.05, 4.69) is 10.6 Å². The number of carbonyl (C=O) groups is 1. The number of methoxy groups -OCH3 is 2. The zero-order chi connectivity index (χ0) is 13.5. The maximum atomic E-state index is 11.0. The summed E-state index contributed by atoms with van der Waals surface area (Å²) in [7, 11) is 4.52. The fourth-order valence-electron chi connectivity index (χ4n) is 1.46. The number of rotatable bonds is 6. The number of likely N-dealkylation sites (N-methyl/N-ethyl adjacent to an activating group) is 1. The van der Waals surface area contributed by atoms with Crippen LogP contribution in [0.25, 0.3) is 0 Å². The van der Waals surface area contributed by atoms with Crippen LogP contribution in [-0.2, 0) is 11.3 Å². The minimum atomic E-state index is -0.0901. The van der Waals surface area contributed by atoms with Gasteiger partial charge in [-0.2, -0.15) is 0 Å². The highest BCUT2D eigenvalue weighted by Gasteiger charge is 2.11. The number of ether oxygens (including phenoxy) is 2. The molecule has 0 spiro atoms. The lowest BCUT2D eigenvalue weighted by atomic mass is 10.2. The Bertz CT molecular complexity index is 396. The van der Waals surface area contributed by atoms with Crippen molar-refractivity contribution in [3.8, 4) is 17.2 Å². The molecule has 0 aliphatic heterocycles. The lowest BCUT2D eigenvalue weighted by Gasteiger charge is -2.11. The van der Waals surface area contributed by atoms with Crippen LogP contribution < -0.4 is 20.1 Å². The summed E-state index contributed by atoms with van der Waals surface area (Å²) in [5.41, 5.74) is 0.852. The Morgan fingerprint density at radius 3 is 2.28 bits per heavy atom. The standard InChI is InChI=1S/C12H18N2O4/c1-13-11(15)7-14-6-8-4-9(17-2)12(16)10(5-8)18-3/h4-5,14,16H,6-7H2,1-3H3,(H,13,15). The van der Waals surface area contributed by atoms with Crippen molar-refractivity contribution in [3.63, 3.8) is 0 Å². The molecular formula is C12H18N2O4. The number of carbonyl (C=O) groups excluding carboxylic acids is 1. The average molecular weight is 254 g/mol. The Balaban J connectivity index is 2.74. The highest BCUT2D eigenvalue weighted by Crippen LogP contribution is 2.36. The monoisotopic (exact) mass is 254 g/mol. The summed E-state index contributed by atoms with van der Waals surface area (Å²) < 4.78 is 10.1. The van der Waals surface area contributed by atoms with Crippen LogP contribution in [0.15, 0.2) is 12.1 Å². The van der Waals surface area contributed by atoms with E-state index >= 15 is 0 Å². The maximum Gasteiger partial charge on any atom is 0.233 e. The fraction of sp³-hybridized carbons (Fsp3) is 0.417. The second-order valence-corrected chi connectivity index (χ2v) is 3.63. The Hall–Kier alpha value is -1.95. The van der Waals surface area contributed by atoms with Gasteiger partial charge in [-0.1, -0.05) is 0 Å². The molecule has 0 saturated heterocycles. The van der Waals surface area contributed by atoms with Crippen LogP contribution in [0.3, 0.4) is 0 Å². The van der Waals surface area contributed by atoms with E-state index in [1.165, 1.54) is 14.2 Å². The van der Waals surface area contributed by atoms with E-state index in [1.807, 2.05) is 0 Å². The molecule has 6 nitrogen and oxygen atoms in total. The highest BCUT2D eigenvalue weighted by atomic mass is 16.5. The Labute approximate surface area is 106 Å². The second kappa shape index (κ2) is 6.70. The summed E-state index contributed by atoms with van der Waals surface area (Å²) in [5.74, 6) is 0.556. The molecule has 0 unspecified atom stereocenters. The number of aromatic hydroxyl groups is 1. The van der Waals surface area contributed by atoms with Gasteiger partial charge in [-0.05, 0) is 17.7 Å². The van der Waals surface area contributed by atoms with Crippen molar-refractivity contribution >= 4 is 5.91 Å². The van der Waals surface area contributed by atoms with Crippen LogP contribution in [0.1, 0.15) is 5.56 Å². The summed E-state index contributed by atoms with van der Waals surface area (Å²) in [6.07, 6.45) is 0. The van der Waals surface area contributed by atoms with E-state index in [9.17, 15) is 9.90 Å². The largest absolute Gasteiger partial charge is 0.502 e. The van der Waals surface area contributed by atoms with Crippen LogP contribution in [-0.4, -0.2) is 38.8 Å². The summed E-state index contributed by atoms with van der Waals surface area (Å²) in [6, 6.07) is 3.38. The van der Waals surface area contributed by atoms with Gasteiger partial charge in [0.15, 0.2) is 11.5 Å². The van der Waals surface area contributed by atoms with Crippen LogP contribution in [0.4, 0.5) is 0 Å². The number of amides is 1. The van der Waals surface area contributed by atoms with Gasteiger partial charge in [0.25, 0.3) is 0 Å². The number of benzene rings is 1. The van der Waals surface area contributed by atoms with Crippen molar-refractivity contribution in [3.05, 3.63) is 17.7 Å². The molecule has 1 amide bonds. The summed E-state index contributed by atoms with van der Waals surface area (Å²) >= 11 is 0. The minimum Gasteiger partial charge on any atom is -0.502 e. The molecule has 6 heteroatoms. The molecule has 0 radical (unpaired) electrons. The highest BCUT2D eigenvalue weighted by molar-refractivity contribution is 5.77. The van der Waals surface area contributed by atoms with Gasteiger partial charge in [0.1, 0.15) is 0 Å². The van der Waals surface area contributed by atoms with Crippen LogP contribution in [0.5, 0.6) is 17.2 Å². The van der Waals surface area contributed by atoms with Gasteiger partial charge in [-0.3, -0.25) is 4.79 Å². The molecule has 1 rings (SSSR count). The van der Waals surface area contributed by atoms with E-state index in [-0.39, 0.29) is 18.2 Å².